The molecule has 0 spiro atoms. The first kappa shape index (κ1) is 17.9. The van der Waals surface area contributed by atoms with Gasteiger partial charge in [-0.1, -0.05) is 26.7 Å². The Morgan fingerprint density at radius 1 is 1.09 bits per heavy atom. The molecule has 5 nitrogen and oxygen atoms in total. The van der Waals surface area contributed by atoms with Crippen LogP contribution in [0.15, 0.2) is 18.2 Å². The maximum absolute atomic E-state index is 12.5. The average Bonchev–Trinajstić information content (AvgIpc) is 2.43. The molecule has 5 heteroatoms. The second-order valence-corrected chi connectivity index (χ2v) is 5.25. The fourth-order valence-electron chi connectivity index (χ4n) is 2.08. The van der Waals surface area contributed by atoms with Crippen LogP contribution in [0.3, 0.4) is 0 Å². The van der Waals surface area contributed by atoms with Crippen molar-refractivity contribution in [3.05, 3.63) is 23.8 Å². The molecule has 0 bridgehead atoms. The van der Waals surface area contributed by atoms with E-state index in [9.17, 15) is 14.4 Å². The van der Waals surface area contributed by atoms with Crippen LogP contribution in [0.5, 0.6) is 11.5 Å². The van der Waals surface area contributed by atoms with E-state index < -0.39 is 11.9 Å². The first-order chi connectivity index (χ1) is 10.3. The largest absolute Gasteiger partial charge is 0.427 e. The monoisotopic (exact) mass is 306 g/mol. The predicted octanol–water partition coefficient (Wildman–Crippen LogP) is 3.55. The van der Waals surface area contributed by atoms with Crippen LogP contribution in [-0.4, -0.2) is 17.7 Å². The van der Waals surface area contributed by atoms with E-state index >= 15 is 0 Å². The topological polar surface area (TPSA) is 69.7 Å². The van der Waals surface area contributed by atoms with Gasteiger partial charge in [-0.25, -0.2) is 0 Å². The van der Waals surface area contributed by atoms with Gasteiger partial charge in [-0.15, -0.1) is 0 Å². The lowest BCUT2D eigenvalue weighted by Gasteiger charge is -2.14. The number of unbranched alkanes of at least 4 members (excludes halogenated alkanes) is 1. The predicted molar refractivity (Wildman–Crippen MR) is 82.1 cm³/mol. The standard InChI is InChI=1S/C17H22O5/c1-5-6-7-11(2)17(20)15-9-8-14(21-12(3)18)10-16(15)22-13(4)19/h8-11H,5-7H2,1-4H3/t11-/m0/s1. The summed E-state index contributed by atoms with van der Waals surface area (Å²) in [4.78, 5) is 34.7. The maximum Gasteiger partial charge on any atom is 0.308 e. The molecular weight excluding hydrogens is 284 g/mol. The molecule has 22 heavy (non-hydrogen) atoms. The van der Waals surface area contributed by atoms with Gasteiger partial charge in [-0.3, -0.25) is 14.4 Å². The number of ether oxygens (including phenoxy) is 2. The van der Waals surface area contributed by atoms with Gasteiger partial charge in [0.15, 0.2) is 5.78 Å². The van der Waals surface area contributed by atoms with Crippen LogP contribution in [0.2, 0.25) is 0 Å². The van der Waals surface area contributed by atoms with Crippen LogP contribution in [0.25, 0.3) is 0 Å². The third-order valence-corrected chi connectivity index (χ3v) is 3.17. The molecule has 0 aliphatic carbocycles. The van der Waals surface area contributed by atoms with E-state index in [2.05, 4.69) is 6.92 Å². The molecule has 0 aromatic heterocycles. The molecule has 0 amide bonds. The lowest BCUT2D eigenvalue weighted by atomic mass is 9.94. The van der Waals surface area contributed by atoms with E-state index in [0.717, 1.165) is 19.3 Å². The summed E-state index contributed by atoms with van der Waals surface area (Å²) in [7, 11) is 0. The molecule has 1 atom stereocenters. The van der Waals surface area contributed by atoms with Crippen molar-refractivity contribution in [1.82, 2.24) is 0 Å². The zero-order chi connectivity index (χ0) is 16.7. The second kappa shape index (κ2) is 8.32. The molecule has 1 aromatic carbocycles. The van der Waals surface area contributed by atoms with Crippen LogP contribution in [0.1, 0.15) is 57.3 Å². The second-order valence-electron chi connectivity index (χ2n) is 5.25. The molecule has 120 valence electrons. The molecule has 0 aliphatic heterocycles. The van der Waals surface area contributed by atoms with Gasteiger partial charge in [0, 0.05) is 25.8 Å². The molecule has 0 saturated carbocycles. The summed E-state index contributed by atoms with van der Waals surface area (Å²) < 4.78 is 10.0. The van der Waals surface area contributed by atoms with Crippen molar-refractivity contribution in [1.29, 1.82) is 0 Å². The van der Waals surface area contributed by atoms with E-state index in [1.54, 1.807) is 0 Å². The van der Waals surface area contributed by atoms with Crippen molar-refractivity contribution in [3.63, 3.8) is 0 Å². The van der Waals surface area contributed by atoms with Crippen LogP contribution in [-0.2, 0) is 9.59 Å². The number of esters is 2. The Hall–Kier alpha value is -2.17. The lowest BCUT2D eigenvalue weighted by Crippen LogP contribution is -2.14. The number of rotatable bonds is 7. The van der Waals surface area contributed by atoms with Crippen LogP contribution in [0.4, 0.5) is 0 Å². The summed E-state index contributed by atoms with van der Waals surface area (Å²) in [6.45, 7) is 6.45. The molecule has 0 radical (unpaired) electrons. The highest BCUT2D eigenvalue weighted by molar-refractivity contribution is 6.00. The Balaban J connectivity index is 3.08. The van der Waals surface area contributed by atoms with Crippen molar-refractivity contribution >= 4 is 17.7 Å². The highest BCUT2D eigenvalue weighted by Crippen LogP contribution is 2.28. The van der Waals surface area contributed by atoms with Crippen LogP contribution >= 0.6 is 0 Å². The minimum Gasteiger partial charge on any atom is -0.427 e. The van der Waals surface area contributed by atoms with Gasteiger partial charge in [-0.05, 0) is 18.6 Å². The summed E-state index contributed by atoms with van der Waals surface area (Å²) in [5.74, 6) is -0.895. The molecule has 0 saturated heterocycles. The molecule has 0 aliphatic rings. The first-order valence-corrected chi connectivity index (χ1v) is 7.40. The zero-order valence-electron chi connectivity index (χ0n) is 13.5. The minimum absolute atomic E-state index is 0.0842. The fourth-order valence-corrected chi connectivity index (χ4v) is 2.08. The molecule has 0 N–H and O–H groups in total. The number of carbonyl (C=O) groups is 3. The fraction of sp³-hybridized carbons (Fsp3) is 0.471. The third-order valence-electron chi connectivity index (χ3n) is 3.17. The molecule has 1 rings (SSSR count). The number of benzene rings is 1. The Kier molecular flexibility index (Phi) is 6.76. The van der Waals surface area contributed by atoms with Gasteiger partial charge in [-0.2, -0.15) is 0 Å². The number of hydrogen-bond acceptors (Lipinski definition) is 5. The highest BCUT2D eigenvalue weighted by atomic mass is 16.5. The number of carbonyl (C=O) groups excluding carboxylic acids is 3. The van der Waals surface area contributed by atoms with E-state index in [1.165, 1.54) is 32.0 Å². The molecule has 1 aromatic rings. The minimum atomic E-state index is -0.532. The normalized spacial score (nSPS) is 11.6. The van der Waals surface area contributed by atoms with Crippen molar-refractivity contribution in [2.45, 2.75) is 47.0 Å². The maximum atomic E-state index is 12.5. The van der Waals surface area contributed by atoms with Gasteiger partial charge in [0.2, 0.25) is 0 Å². The van der Waals surface area contributed by atoms with Gasteiger partial charge < -0.3 is 9.47 Å². The van der Waals surface area contributed by atoms with Crippen molar-refractivity contribution < 1.29 is 23.9 Å². The Morgan fingerprint density at radius 2 is 1.73 bits per heavy atom. The lowest BCUT2D eigenvalue weighted by molar-refractivity contribution is -0.132. The van der Waals surface area contributed by atoms with E-state index in [4.69, 9.17) is 9.47 Å². The number of Topliss-reactive ketones (excluding diaryl/α,β-unsaturated/α-hetero) is 1. The van der Waals surface area contributed by atoms with E-state index in [0.29, 0.717) is 5.56 Å². The van der Waals surface area contributed by atoms with E-state index in [-0.39, 0.29) is 23.2 Å². The third kappa shape index (κ3) is 5.31. The van der Waals surface area contributed by atoms with E-state index in [1.807, 2.05) is 6.92 Å². The van der Waals surface area contributed by atoms with Crippen molar-refractivity contribution in [3.8, 4) is 11.5 Å². The van der Waals surface area contributed by atoms with Gasteiger partial charge >= 0.3 is 11.9 Å². The van der Waals surface area contributed by atoms with Crippen molar-refractivity contribution in [2.75, 3.05) is 0 Å². The van der Waals surface area contributed by atoms with Gasteiger partial charge in [0.05, 0.1) is 5.56 Å². The van der Waals surface area contributed by atoms with Gasteiger partial charge in [0.25, 0.3) is 0 Å². The Morgan fingerprint density at radius 3 is 2.27 bits per heavy atom. The average molecular weight is 306 g/mol. The SMILES string of the molecule is CCCC[C@H](C)C(=O)c1ccc(OC(C)=O)cc1OC(C)=O. The van der Waals surface area contributed by atoms with Crippen LogP contribution in [0, 0.1) is 5.92 Å². The van der Waals surface area contributed by atoms with Gasteiger partial charge in [0.1, 0.15) is 11.5 Å². The zero-order valence-corrected chi connectivity index (χ0v) is 13.5. The first-order valence-electron chi connectivity index (χ1n) is 7.40. The number of ketones is 1. The number of hydrogen-bond donors (Lipinski definition) is 0. The highest BCUT2D eigenvalue weighted by Gasteiger charge is 2.20. The Labute approximate surface area is 130 Å². The summed E-state index contributed by atoms with van der Waals surface area (Å²) in [6, 6.07) is 4.44. The molecule has 0 unspecified atom stereocenters. The molecular formula is C17H22O5. The summed E-state index contributed by atoms with van der Waals surface area (Å²) in [5.41, 5.74) is 0.328. The van der Waals surface area contributed by atoms with Crippen molar-refractivity contribution in [2.24, 2.45) is 5.92 Å². The molecule has 0 fully saturated rings. The summed E-state index contributed by atoms with van der Waals surface area (Å²) in [6.07, 6.45) is 2.75. The molecule has 0 heterocycles. The quantitative estimate of drug-likeness (QED) is 0.438. The Bertz CT molecular complexity index is 562. The summed E-state index contributed by atoms with van der Waals surface area (Å²) in [5, 5.41) is 0. The van der Waals surface area contributed by atoms with Crippen LogP contribution < -0.4 is 9.47 Å². The summed E-state index contributed by atoms with van der Waals surface area (Å²) >= 11 is 0. The smallest absolute Gasteiger partial charge is 0.308 e.